The van der Waals surface area contributed by atoms with E-state index in [0.29, 0.717) is 5.56 Å². The average molecular weight is 308 g/mol. The third kappa shape index (κ3) is 8.18. The number of carbonyl (C=O) groups excluding carboxylic acids is 1. The Morgan fingerprint density at radius 1 is 1.09 bits per heavy atom. The molecule has 0 aliphatic carbocycles. The minimum absolute atomic E-state index is 0.0259. The lowest BCUT2D eigenvalue weighted by Gasteiger charge is -2.25. The maximum absolute atomic E-state index is 12.0. The highest BCUT2D eigenvalue weighted by atomic mass is 16.5. The highest BCUT2D eigenvalue weighted by Gasteiger charge is 2.27. The van der Waals surface area contributed by atoms with Gasteiger partial charge < -0.3 is 9.84 Å². The average Bonchev–Trinajstić information content (AvgIpc) is 2.47. The van der Waals surface area contributed by atoms with Gasteiger partial charge in [-0.15, -0.1) is 0 Å². The lowest BCUT2D eigenvalue weighted by atomic mass is 9.78. The van der Waals surface area contributed by atoms with E-state index in [2.05, 4.69) is 34.6 Å². The number of ketones is 1. The van der Waals surface area contributed by atoms with E-state index < -0.39 is 0 Å². The molecule has 3 heteroatoms. The van der Waals surface area contributed by atoms with Crippen LogP contribution in [0.4, 0.5) is 0 Å². The van der Waals surface area contributed by atoms with Crippen LogP contribution in [0, 0.1) is 11.3 Å². The van der Waals surface area contributed by atoms with Crippen LogP contribution in [0.3, 0.4) is 0 Å². The van der Waals surface area contributed by atoms with Crippen molar-refractivity contribution in [2.24, 2.45) is 11.3 Å². The number of rotatable bonds is 6. The Hall–Kier alpha value is -1.35. The minimum Gasteiger partial charge on any atom is -0.508 e. The van der Waals surface area contributed by atoms with Gasteiger partial charge in [-0.2, -0.15) is 0 Å². The maximum Gasteiger partial charge on any atom is 0.166 e. The van der Waals surface area contributed by atoms with Crippen LogP contribution >= 0.6 is 0 Å². The van der Waals surface area contributed by atoms with Crippen LogP contribution < -0.4 is 0 Å². The smallest absolute Gasteiger partial charge is 0.166 e. The first-order valence-electron chi connectivity index (χ1n) is 8.15. The van der Waals surface area contributed by atoms with Gasteiger partial charge in [0.2, 0.25) is 0 Å². The van der Waals surface area contributed by atoms with Gasteiger partial charge in [0.1, 0.15) is 5.75 Å². The number of Topliss-reactive ketones (excluding diaryl/α,β-unsaturated/α-hetero) is 1. The number of hydrogen-bond acceptors (Lipinski definition) is 3. The van der Waals surface area contributed by atoms with E-state index in [9.17, 15) is 4.79 Å². The number of carbonyl (C=O) groups is 1. The van der Waals surface area contributed by atoms with Crippen LogP contribution in [0.5, 0.6) is 5.75 Å². The Labute approximate surface area is 135 Å². The van der Waals surface area contributed by atoms with Gasteiger partial charge in [-0.25, -0.2) is 0 Å². The molecule has 0 aromatic heterocycles. The summed E-state index contributed by atoms with van der Waals surface area (Å²) >= 11 is 0. The van der Waals surface area contributed by atoms with Crippen molar-refractivity contribution in [3.05, 3.63) is 29.8 Å². The topological polar surface area (TPSA) is 46.5 Å². The summed E-state index contributed by atoms with van der Waals surface area (Å²) < 4.78 is 5.13. The third-order valence-electron chi connectivity index (χ3n) is 3.54. The first kappa shape index (κ1) is 20.6. The van der Waals surface area contributed by atoms with Gasteiger partial charge in [0.25, 0.3) is 0 Å². The zero-order valence-electron chi connectivity index (χ0n) is 15.0. The molecule has 0 saturated heterocycles. The lowest BCUT2D eigenvalue weighted by molar-refractivity contribution is 0.0839. The second kappa shape index (κ2) is 10.4. The molecule has 0 fully saturated rings. The van der Waals surface area contributed by atoms with E-state index in [1.807, 2.05) is 6.92 Å². The number of benzene rings is 1. The van der Waals surface area contributed by atoms with E-state index in [-0.39, 0.29) is 22.9 Å². The molecule has 126 valence electrons. The van der Waals surface area contributed by atoms with Crippen molar-refractivity contribution in [3.63, 3.8) is 0 Å². The standard InChI is InChI=1S/C13H18O2.C6H14O/c1-9(13(2,3)4)12(15)10-5-7-11(14)8-6-10;1-3-5-7-6-4-2/h5-9,14H,1-4H3;3-6H2,1-2H3. The molecular formula is C19H32O3. The van der Waals surface area contributed by atoms with Crippen molar-refractivity contribution >= 4 is 5.78 Å². The maximum atomic E-state index is 12.0. The predicted octanol–water partition coefficient (Wildman–Crippen LogP) is 5.08. The summed E-state index contributed by atoms with van der Waals surface area (Å²) in [5.41, 5.74) is 0.629. The van der Waals surface area contributed by atoms with Gasteiger partial charge >= 0.3 is 0 Å². The van der Waals surface area contributed by atoms with Crippen LogP contribution in [0.1, 0.15) is 64.7 Å². The Kier molecular flexibility index (Phi) is 9.75. The van der Waals surface area contributed by atoms with Crippen molar-refractivity contribution in [2.75, 3.05) is 13.2 Å². The molecule has 1 unspecified atom stereocenters. The van der Waals surface area contributed by atoms with Crippen LogP contribution in [0.25, 0.3) is 0 Å². The highest BCUT2D eigenvalue weighted by molar-refractivity contribution is 5.98. The number of aromatic hydroxyl groups is 1. The molecule has 0 saturated carbocycles. The molecular weight excluding hydrogens is 276 g/mol. The van der Waals surface area contributed by atoms with Crippen LogP contribution in [-0.2, 0) is 4.74 Å². The SMILES string of the molecule is CC(C(=O)c1ccc(O)cc1)C(C)(C)C.CCCOCCC. The fourth-order valence-electron chi connectivity index (χ4n) is 1.66. The molecule has 0 heterocycles. The van der Waals surface area contributed by atoms with Gasteiger partial charge in [0, 0.05) is 24.7 Å². The van der Waals surface area contributed by atoms with E-state index >= 15 is 0 Å². The van der Waals surface area contributed by atoms with E-state index in [1.54, 1.807) is 24.3 Å². The summed E-state index contributed by atoms with van der Waals surface area (Å²) in [4.78, 5) is 12.0. The highest BCUT2D eigenvalue weighted by Crippen LogP contribution is 2.28. The molecule has 1 atom stereocenters. The van der Waals surface area contributed by atoms with Crippen molar-refractivity contribution in [1.29, 1.82) is 0 Å². The van der Waals surface area contributed by atoms with Gasteiger partial charge in [-0.3, -0.25) is 4.79 Å². The van der Waals surface area contributed by atoms with Crippen molar-refractivity contribution in [1.82, 2.24) is 0 Å². The summed E-state index contributed by atoms with van der Waals surface area (Å²) in [5.74, 6) is 0.291. The Bertz CT molecular complexity index is 411. The monoisotopic (exact) mass is 308 g/mol. The van der Waals surface area contributed by atoms with Gasteiger partial charge in [-0.1, -0.05) is 41.5 Å². The molecule has 1 aromatic rings. The fraction of sp³-hybridized carbons (Fsp3) is 0.632. The quantitative estimate of drug-likeness (QED) is 0.589. The normalized spacial score (nSPS) is 12.3. The van der Waals surface area contributed by atoms with Crippen molar-refractivity contribution in [3.8, 4) is 5.75 Å². The Balaban J connectivity index is 0.000000534. The summed E-state index contributed by atoms with van der Waals surface area (Å²) in [7, 11) is 0. The lowest BCUT2D eigenvalue weighted by Crippen LogP contribution is -2.25. The molecule has 0 amide bonds. The van der Waals surface area contributed by atoms with E-state index in [4.69, 9.17) is 9.84 Å². The molecule has 1 N–H and O–H groups in total. The number of hydrogen-bond donors (Lipinski definition) is 1. The van der Waals surface area contributed by atoms with Crippen LogP contribution in [-0.4, -0.2) is 24.1 Å². The molecule has 1 rings (SSSR count). The zero-order chi connectivity index (χ0) is 17.2. The second-order valence-electron chi connectivity index (χ2n) is 6.61. The Morgan fingerprint density at radius 2 is 1.55 bits per heavy atom. The third-order valence-corrected chi connectivity index (χ3v) is 3.54. The van der Waals surface area contributed by atoms with Crippen molar-refractivity contribution in [2.45, 2.75) is 54.4 Å². The molecule has 3 nitrogen and oxygen atoms in total. The molecule has 1 aromatic carbocycles. The largest absolute Gasteiger partial charge is 0.508 e. The molecule has 0 spiro atoms. The van der Waals surface area contributed by atoms with Gasteiger partial charge in [0.15, 0.2) is 5.78 Å². The summed E-state index contributed by atoms with van der Waals surface area (Å²) in [6, 6.07) is 6.42. The second-order valence-corrected chi connectivity index (χ2v) is 6.61. The molecule has 0 aliphatic heterocycles. The molecule has 22 heavy (non-hydrogen) atoms. The first-order valence-corrected chi connectivity index (χ1v) is 8.15. The molecule has 0 radical (unpaired) electrons. The number of phenols is 1. The Morgan fingerprint density at radius 3 is 1.91 bits per heavy atom. The first-order chi connectivity index (χ1) is 10.2. The number of ether oxygens (including phenoxy) is 1. The van der Waals surface area contributed by atoms with Crippen LogP contribution in [0.2, 0.25) is 0 Å². The molecule has 0 bridgehead atoms. The molecule has 0 aliphatic rings. The summed E-state index contributed by atoms with van der Waals surface area (Å²) in [5, 5.41) is 9.13. The van der Waals surface area contributed by atoms with E-state index in [1.165, 1.54) is 0 Å². The summed E-state index contributed by atoms with van der Waals surface area (Å²) in [6.45, 7) is 14.2. The van der Waals surface area contributed by atoms with Gasteiger partial charge in [0.05, 0.1) is 0 Å². The van der Waals surface area contributed by atoms with Crippen LogP contribution in [0.15, 0.2) is 24.3 Å². The minimum atomic E-state index is -0.0328. The number of phenolic OH excluding ortho intramolecular Hbond substituents is 1. The fourth-order valence-corrected chi connectivity index (χ4v) is 1.66. The van der Waals surface area contributed by atoms with Crippen molar-refractivity contribution < 1.29 is 14.6 Å². The zero-order valence-corrected chi connectivity index (χ0v) is 15.0. The van der Waals surface area contributed by atoms with E-state index in [0.717, 1.165) is 26.1 Å². The summed E-state index contributed by atoms with van der Waals surface area (Å²) in [6.07, 6.45) is 2.28. The predicted molar refractivity (Wildman–Crippen MR) is 92.5 cm³/mol. The van der Waals surface area contributed by atoms with Gasteiger partial charge in [-0.05, 0) is 42.5 Å².